The number of hydrogen-bond donors (Lipinski definition) is 2. The molecule has 100 valence electrons. The highest BCUT2D eigenvalue weighted by Crippen LogP contribution is 2.50. The van der Waals surface area contributed by atoms with Gasteiger partial charge in [0.05, 0.1) is 12.2 Å². The van der Waals surface area contributed by atoms with Gasteiger partial charge in [-0.15, -0.1) is 0 Å². The lowest BCUT2D eigenvalue weighted by molar-refractivity contribution is -0.181. The largest absolute Gasteiger partial charge is 0.396 e. The van der Waals surface area contributed by atoms with E-state index in [1.807, 2.05) is 0 Å². The molecular weight excluding hydrogens is 216 g/mol. The molecule has 2 rings (SSSR count). The molecule has 2 N–H and O–H groups in total. The molecule has 1 saturated heterocycles. The molecule has 2 unspecified atom stereocenters. The summed E-state index contributed by atoms with van der Waals surface area (Å²) in [6.07, 6.45) is 4.44. The molecule has 0 aromatic carbocycles. The summed E-state index contributed by atoms with van der Waals surface area (Å²) in [4.78, 5) is 0. The van der Waals surface area contributed by atoms with Crippen LogP contribution in [0.15, 0.2) is 0 Å². The lowest BCUT2D eigenvalue weighted by atomic mass is 9.58. The summed E-state index contributed by atoms with van der Waals surface area (Å²) in [6, 6.07) is 0. The molecule has 1 heterocycles. The first-order chi connectivity index (χ1) is 8.01. The van der Waals surface area contributed by atoms with Crippen LogP contribution in [-0.2, 0) is 4.74 Å². The topological polar surface area (TPSA) is 49.7 Å². The van der Waals surface area contributed by atoms with Crippen LogP contribution < -0.4 is 0 Å². The van der Waals surface area contributed by atoms with Crippen LogP contribution in [0, 0.1) is 17.3 Å². The fourth-order valence-corrected chi connectivity index (χ4v) is 4.06. The highest BCUT2D eigenvalue weighted by atomic mass is 16.5. The first-order valence-corrected chi connectivity index (χ1v) is 6.92. The van der Waals surface area contributed by atoms with Crippen LogP contribution in [-0.4, -0.2) is 35.6 Å². The molecule has 2 aliphatic rings. The van der Waals surface area contributed by atoms with E-state index in [1.54, 1.807) is 0 Å². The monoisotopic (exact) mass is 242 g/mol. The quantitative estimate of drug-likeness (QED) is 0.778. The van der Waals surface area contributed by atoms with Crippen LogP contribution in [0.25, 0.3) is 0 Å². The van der Waals surface area contributed by atoms with Gasteiger partial charge < -0.3 is 14.9 Å². The van der Waals surface area contributed by atoms with Crippen molar-refractivity contribution in [3.63, 3.8) is 0 Å². The molecular formula is C14H26O3. The third-order valence-electron chi connectivity index (χ3n) is 4.92. The standard InChI is InChI=1S/C14H26O3/c1-11-7-12(2)9-14(16,8-11)13(10-15)3-5-17-6-4-13/h11-12,15-16H,3-10H2,1-2H3. The smallest absolute Gasteiger partial charge is 0.0732 e. The summed E-state index contributed by atoms with van der Waals surface area (Å²) in [7, 11) is 0. The van der Waals surface area contributed by atoms with Gasteiger partial charge in [0.25, 0.3) is 0 Å². The molecule has 0 aromatic rings. The predicted molar refractivity (Wildman–Crippen MR) is 66.7 cm³/mol. The van der Waals surface area contributed by atoms with Gasteiger partial charge in [-0.25, -0.2) is 0 Å². The summed E-state index contributed by atoms with van der Waals surface area (Å²) in [5.74, 6) is 1.10. The van der Waals surface area contributed by atoms with E-state index in [0.717, 1.165) is 25.7 Å². The number of rotatable bonds is 2. The second-order valence-electron chi connectivity index (χ2n) is 6.44. The molecule has 0 bridgehead atoms. The molecule has 0 radical (unpaired) electrons. The minimum Gasteiger partial charge on any atom is -0.396 e. The van der Waals surface area contributed by atoms with Crippen molar-refractivity contribution in [1.82, 2.24) is 0 Å². The molecule has 1 aliphatic heterocycles. The molecule has 0 amide bonds. The zero-order valence-corrected chi connectivity index (χ0v) is 11.1. The fourth-order valence-electron chi connectivity index (χ4n) is 4.06. The van der Waals surface area contributed by atoms with E-state index >= 15 is 0 Å². The molecule has 1 saturated carbocycles. The van der Waals surface area contributed by atoms with Crippen LogP contribution >= 0.6 is 0 Å². The van der Waals surface area contributed by atoms with Crippen molar-refractivity contribution in [1.29, 1.82) is 0 Å². The first kappa shape index (κ1) is 13.3. The number of hydrogen-bond acceptors (Lipinski definition) is 3. The summed E-state index contributed by atoms with van der Waals surface area (Å²) in [6.45, 7) is 5.86. The Morgan fingerprint density at radius 1 is 1.12 bits per heavy atom. The van der Waals surface area contributed by atoms with Gasteiger partial charge in [-0.3, -0.25) is 0 Å². The molecule has 17 heavy (non-hydrogen) atoms. The van der Waals surface area contributed by atoms with Gasteiger partial charge in [-0.2, -0.15) is 0 Å². The van der Waals surface area contributed by atoms with E-state index in [2.05, 4.69) is 13.8 Å². The lowest BCUT2D eigenvalue weighted by Gasteiger charge is -2.53. The third kappa shape index (κ3) is 2.38. The van der Waals surface area contributed by atoms with Crippen LogP contribution in [0.2, 0.25) is 0 Å². The Hall–Kier alpha value is -0.120. The van der Waals surface area contributed by atoms with E-state index in [0.29, 0.717) is 25.0 Å². The minimum absolute atomic E-state index is 0.0896. The van der Waals surface area contributed by atoms with Gasteiger partial charge in [0.2, 0.25) is 0 Å². The zero-order valence-electron chi connectivity index (χ0n) is 11.1. The average Bonchev–Trinajstić information content (AvgIpc) is 2.28. The van der Waals surface area contributed by atoms with Crippen molar-refractivity contribution >= 4 is 0 Å². The van der Waals surface area contributed by atoms with Gasteiger partial charge in [0, 0.05) is 18.6 Å². The van der Waals surface area contributed by atoms with Gasteiger partial charge in [0.1, 0.15) is 0 Å². The third-order valence-corrected chi connectivity index (χ3v) is 4.92. The van der Waals surface area contributed by atoms with Crippen LogP contribution in [0.1, 0.15) is 46.0 Å². The summed E-state index contributed by atoms with van der Waals surface area (Å²) in [5, 5.41) is 20.9. The Labute approximate surface area is 104 Å². The van der Waals surface area contributed by atoms with Gasteiger partial charge in [-0.1, -0.05) is 13.8 Å². The normalized spacial score (nSPS) is 42.4. The van der Waals surface area contributed by atoms with Gasteiger partial charge in [0.15, 0.2) is 0 Å². The highest BCUT2D eigenvalue weighted by Gasteiger charge is 2.52. The molecule has 3 heteroatoms. The lowest BCUT2D eigenvalue weighted by Crippen LogP contribution is -2.56. The number of aliphatic hydroxyl groups is 2. The SMILES string of the molecule is CC1CC(C)CC(O)(C2(CO)CCOCC2)C1. The Balaban J connectivity index is 2.21. The van der Waals surface area contributed by atoms with Crippen molar-refractivity contribution in [3.8, 4) is 0 Å². The summed E-state index contributed by atoms with van der Waals surface area (Å²) < 4.78 is 5.39. The van der Waals surface area contributed by atoms with Crippen molar-refractivity contribution in [2.45, 2.75) is 51.6 Å². The Kier molecular flexibility index (Phi) is 3.81. The second kappa shape index (κ2) is 4.87. The maximum atomic E-state index is 11.1. The van der Waals surface area contributed by atoms with E-state index < -0.39 is 5.60 Å². The molecule has 2 atom stereocenters. The van der Waals surface area contributed by atoms with E-state index in [1.165, 1.54) is 6.42 Å². The Morgan fingerprint density at radius 3 is 2.12 bits per heavy atom. The van der Waals surface area contributed by atoms with E-state index in [9.17, 15) is 10.2 Å². The Bertz CT molecular complexity index is 248. The number of aliphatic hydroxyl groups excluding tert-OH is 1. The number of ether oxygens (including phenoxy) is 1. The maximum Gasteiger partial charge on any atom is 0.0732 e. The van der Waals surface area contributed by atoms with Crippen molar-refractivity contribution in [3.05, 3.63) is 0 Å². The van der Waals surface area contributed by atoms with E-state index in [-0.39, 0.29) is 12.0 Å². The fraction of sp³-hybridized carbons (Fsp3) is 1.00. The highest BCUT2D eigenvalue weighted by molar-refractivity contribution is 5.03. The summed E-state index contributed by atoms with van der Waals surface area (Å²) in [5.41, 5.74) is -1.02. The Morgan fingerprint density at radius 2 is 1.65 bits per heavy atom. The molecule has 2 fully saturated rings. The van der Waals surface area contributed by atoms with Crippen LogP contribution in [0.3, 0.4) is 0 Å². The predicted octanol–water partition coefficient (Wildman–Crippen LogP) is 1.96. The first-order valence-electron chi connectivity index (χ1n) is 6.92. The van der Waals surface area contributed by atoms with Crippen molar-refractivity contribution in [2.75, 3.05) is 19.8 Å². The minimum atomic E-state index is -0.692. The van der Waals surface area contributed by atoms with E-state index in [4.69, 9.17) is 4.74 Å². The summed E-state index contributed by atoms with van der Waals surface area (Å²) >= 11 is 0. The van der Waals surface area contributed by atoms with Crippen molar-refractivity contribution in [2.24, 2.45) is 17.3 Å². The van der Waals surface area contributed by atoms with Crippen LogP contribution in [0.4, 0.5) is 0 Å². The van der Waals surface area contributed by atoms with Crippen molar-refractivity contribution < 1.29 is 14.9 Å². The van der Waals surface area contributed by atoms with Gasteiger partial charge >= 0.3 is 0 Å². The molecule has 3 nitrogen and oxygen atoms in total. The molecule has 1 aliphatic carbocycles. The zero-order chi connectivity index (χ0) is 12.5. The second-order valence-corrected chi connectivity index (χ2v) is 6.44. The molecule has 0 aromatic heterocycles. The molecule has 0 spiro atoms. The average molecular weight is 242 g/mol. The maximum absolute atomic E-state index is 11.1. The van der Waals surface area contributed by atoms with Crippen LogP contribution in [0.5, 0.6) is 0 Å². The van der Waals surface area contributed by atoms with Gasteiger partial charge in [-0.05, 0) is 43.9 Å².